The molecule has 1 rings (SSSR count). The van der Waals surface area contributed by atoms with Gasteiger partial charge in [-0.05, 0) is 43.4 Å². The first-order chi connectivity index (χ1) is 11.1. The van der Waals surface area contributed by atoms with Gasteiger partial charge in [0.05, 0.1) is 7.11 Å². The maximum absolute atomic E-state index is 11.3. The van der Waals surface area contributed by atoms with Crippen LogP contribution < -0.4 is 4.74 Å². The Morgan fingerprint density at radius 1 is 1.17 bits per heavy atom. The largest absolute Gasteiger partial charge is 0.504 e. The Morgan fingerprint density at radius 2 is 1.91 bits per heavy atom. The van der Waals surface area contributed by atoms with Crippen LogP contribution in [0.25, 0.3) is 0 Å². The van der Waals surface area contributed by atoms with Crippen molar-refractivity contribution in [3.63, 3.8) is 0 Å². The Bertz CT molecular complexity index is 470. The molecule has 1 N–H and O–H groups in total. The number of benzene rings is 1. The van der Waals surface area contributed by atoms with Crippen LogP contribution in [0.4, 0.5) is 0 Å². The molecule has 4 nitrogen and oxygen atoms in total. The first-order valence-electron chi connectivity index (χ1n) is 8.60. The molecule has 0 saturated heterocycles. The molecule has 0 spiro atoms. The number of hydrogen-bond acceptors (Lipinski definition) is 4. The molecule has 0 aromatic heterocycles. The number of phenols is 1. The molecule has 0 aliphatic carbocycles. The Labute approximate surface area is 139 Å². The summed E-state index contributed by atoms with van der Waals surface area (Å²) in [6.07, 6.45) is 8.51. The van der Waals surface area contributed by atoms with Crippen LogP contribution in [-0.2, 0) is 16.0 Å². The molecule has 0 aliphatic rings. The number of aromatic hydroxyl groups is 1. The van der Waals surface area contributed by atoms with Gasteiger partial charge >= 0.3 is 5.97 Å². The van der Waals surface area contributed by atoms with E-state index in [9.17, 15) is 9.90 Å². The van der Waals surface area contributed by atoms with Gasteiger partial charge in [0, 0.05) is 6.92 Å². The number of ether oxygens (including phenoxy) is 2. The Morgan fingerprint density at radius 3 is 2.57 bits per heavy atom. The number of methoxy groups -OCH3 is 1. The molecule has 0 aliphatic heterocycles. The molecule has 23 heavy (non-hydrogen) atoms. The fourth-order valence-corrected chi connectivity index (χ4v) is 2.68. The smallest absolute Gasteiger partial charge is 0.302 e. The summed E-state index contributed by atoms with van der Waals surface area (Å²) in [5.41, 5.74) is 1.07. The van der Waals surface area contributed by atoms with Gasteiger partial charge < -0.3 is 14.6 Å². The van der Waals surface area contributed by atoms with E-state index in [1.54, 1.807) is 6.07 Å². The average molecular weight is 322 g/mol. The number of unbranched alkanes of at least 4 members (excludes halogenated alkanes) is 4. The highest BCUT2D eigenvalue weighted by molar-refractivity contribution is 5.66. The van der Waals surface area contributed by atoms with E-state index in [2.05, 4.69) is 6.92 Å². The lowest BCUT2D eigenvalue weighted by Gasteiger charge is -2.17. The summed E-state index contributed by atoms with van der Waals surface area (Å²) >= 11 is 0. The van der Waals surface area contributed by atoms with Gasteiger partial charge in [0.15, 0.2) is 11.5 Å². The van der Waals surface area contributed by atoms with Gasteiger partial charge in [0.1, 0.15) is 6.10 Å². The van der Waals surface area contributed by atoms with Gasteiger partial charge in [-0.3, -0.25) is 4.79 Å². The molecule has 0 radical (unpaired) electrons. The molecule has 1 aromatic rings. The zero-order chi connectivity index (χ0) is 17.1. The van der Waals surface area contributed by atoms with Crippen LogP contribution in [0.15, 0.2) is 18.2 Å². The van der Waals surface area contributed by atoms with Crippen molar-refractivity contribution in [3.8, 4) is 11.5 Å². The average Bonchev–Trinajstić information content (AvgIpc) is 2.52. The zero-order valence-corrected chi connectivity index (χ0v) is 14.6. The summed E-state index contributed by atoms with van der Waals surface area (Å²) in [6.45, 7) is 3.67. The fourth-order valence-electron chi connectivity index (χ4n) is 2.68. The van der Waals surface area contributed by atoms with Crippen LogP contribution in [0.5, 0.6) is 11.5 Å². The maximum Gasteiger partial charge on any atom is 0.302 e. The molecule has 1 aromatic carbocycles. The highest BCUT2D eigenvalue weighted by atomic mass is 16.5. The maximum atomic E-state index is 11.3. The van der Waals surface area contributed by atoms with Crippen LogP contribution in [-0.4, -0.2) is 24.3 Å². The highest BCUT2D eigenvalue weighted by Crippen LogP contribution is 2.27. The monoisotopic (exact) mass is 322 g/mol. The lowest BCUT2D eigenvalue weighted by atomic mass is 10.0. The summed E-state index contributed by atoms with van der Waals surface area (Å²) in [7, 11) is 1.54. The second-order valence-electron chi connectivity index (χ2n) is 5.98. The van der Waals surface area contributed by atoms with Gasteiger partial charge in [-0.15, -0.1) is 0 Å². The third kappa shape index (κ3) is 7.91. The number of hydrogen-bond donors (Lipinski definition) is 1. The lowest BCUT2D eigenvalue weighted by Crippen LogP contribution is -2.17. The predicted octanol–water partition coefficient (Wildman–Crippen LogP) is 4.63. The van der Waals surface area contributed by atoms with Crippen molar-refractivity contribution in [2.75, 3.05) is 7.11 Å². The van der Waals surface area contributed by atoms with Gasteiger partial charge in [0.2, 0.25) is 0 Å². The molecular formula is C19H30O4. The molecule has 1 atom stereocenters. The molecule has 130 valence electrons. The Kier molecular flexibility index (Phi) is 9.18. The molecule has 0 amide bonds. The minimum absolute atomic E-state index is 0.0334. The van der Waals surface area contributed by atoms with Gasteiger partial charge in [-0.2, -0.15) is 0 Å². The molecule has 4 heteroatoms. The molecule has 0 fully saturated rings. The van der Waals surface area contributed by atoms with E-state index < -0.39 is 0 Å². The van der Waals surface area contributed by atoms with E-state index in [0.29, 0.717) is 5.75 Å². The van der Waals surface area contributed by atoms with Crippen LogP contribution in [0, 0.1) is 0 Å². The van der Waals surface area contributed by atoms with Crippen molar-refractivity contribution >= 4 is 5.97 Å². The van der Waals surface area contributed by atoms with E-state index in [1.165, 1.54) is 39.7 Å². The normalized spacial score (nSPS) is 12.0. The second kappa shape index (κ2) is 10.9. The summed E-state index contributed by atoms with van der Waals surface area (Å²) in [5, 5.41) is 9.62. The van der Waals surface area contributed by atoms with E-state index in [0.717, 1.165) is 31.2 Å². The minimum Gasteiger partial charge on any atom is -0.504 e. The number of rotatable bonds is 11. The molecule has 0 saturated carbocycles. The summed E-state index contributed by atoms with van der Waals surface area (Å²) in [4.78, 5) is 11.3. The van der Waals surface area contributed by atoms with Crippen molar-refractivity contribution < 1.29 is 19.4 Å². The number of phenolic OH excluding ortho intramolecular Hbond substituents is 1. The van der Waals surface area contributed by atoms with Crippen LogP contribution in [0.1, 0.15) is 64.4 Å². The third-order valence-electron chi connectivity index (χ3n) is 3.96. The summed E-state index contributed by atoms with van der Waals surface area (Å²) < 4.78 is 10.6. The third-order valence-corrected chi connectivity index (χ3v) is 3.96. The molecule has 0 unspecified atom stereocenters. The van der Waals surface area contributed by atoms with E-state index >= 15 is 0 Å². The van der Waals surface area contributed by atoms with Gasteiger partial charge in [-0.25, -0.2) is 0 Å². The second-order valence-corrected chi connectivity index (χ2v) is 5.98. The molecular weight excluding hydrogens is 292 g/mol. The summed E-state index contributed by atoms with van der Waals surface area (Å²) in [6, 6.07) is 5.35. The first kappa shape index (κ1) is 19.3. The van der Waals surface area contributed by atoms with Crippen LogP contribution >= 0.6 is 0 Å². The van der Waals surface area contributed by atoms with Crippen molar-refractivity contribution in [1.82, 2.24) is 0 Å². The summed E-state index contributed by atoms with van der Waals surface area (Å²) in [5.74, 6) is 0.404. The van der Waals surface area contributed by atoms with Gasteiger partial charge in [0.25, 0.3) is 0 Å². The first-order valence-corrected chi connectivity index (χ1v) is 8.60. The highest BCUT2D eigenvalue weighted by Gasteiger charge is 2.13. The molecule has 0 bridgehead atoms. The molecule has 0 heterocycles. The number of carbonyl (C=O) groups is 1. The quantitative estimate of drug-likeness (QED) is 0.477. The van der Waals surface area contributed by atoms with Crippen molar-refractivity contribution in [3.05, 3.63) is 23.8 Å². The van der Waals surface area contributed by atoms with E-state index in [-0.39, 0.29) is 17.8 Å². The standard InChI is InChI=1S/C19H30O4/c1-4-5-6-7-8-9-17(23-15(2)20)12-10-16-11-13-18(21)19(14-16)22-3/h11,13-14,17,21H,4-10,12H2,1-3H3/t17-/m0/s1. The van der Waals surface area contributed by atoms with Crippen LogP contribution in [0.3, 0.4) is 0 Å². The van der Waals surface area contributed by atoms with E-state index in [4.69, 9.17) is 9.47 Å². The Balaban J connectivity index is 2.48. The number of aryl methyl sites for hydroxylation is 1. The SMILES string of the molecule is CCCCCCC[C@@H](CCc1ccc(O)c(OC)c1)OC(C)=O. The van der Waals surface area contributed by atoms with E-state index in [1.807, 2.05) is 12.1 Å². The predicted molar refractivity (Wildman–Crippen MR) is 91.9 cm³/mol. The number of esters is 1. The minimum atomic E-state index is -0.216. The van der Waals surface area contributed by atoms with Crippen LogP contribution in [0.2, 0.25) is 0 Å². The Hall–Kier alpha value is -1.71. The topological polar surface area (TPSA) is 55.8 Å². The fraction of sp³-hybridized carbons (Fsp3) is 0.632. The van der Waals surface area contributed by atoms with Crippen molar-refractivity contribution in [2.45, 2.75) is 71.3 Å². The number of carbonyl (C=O) groups excluding carboxylic acids is 1. The lowest BCUT2D eigenvalue weighted by molar-refractivity contribution is -0.147. The van der Waals surface area contributed by atoms with Crippen molar-refractivity contribution in [2.24, 2.45) is 0 Å². The van der Waals surface area contributed by atoms with Crippen molar-refractivity contribution in [1.29, 1.82) is 0 Å². The van der Waals surface area contributed by atoms with Gasteiger partial charge in [-0.1, -0.05) is 38.7 Å². The zero-order valence-electron chi connectivity index (χ0n) is 14.6.